The largest absolute Gasteiger partial charge is 0.423 e. The Morgan fingerprint density at radius 1 is 1.00 bits per heavy atom. The van der Waals surface area contributed by atoms with Gasteiger partial charge in [-0.05, 0) is 38.1 Å². The van der Waals surface area contributed by atoms with Gasteiger partial charge >= 0.3 is 5.97 Å². The summed E-state index contributed by atoms with van der Waals surface area (Å²) in [5, 5.41) is 3.16. The summed E-state index contributed by atoms with van der Waals surface area (Å²) in [6.45, 7) is 3.87. The molecule has 0 amide bonds. The summed E-state index contributed by atoms with van der Waals surface area (Å²) in [5.74, 6) is 0.769. The molecule has 0 atom stereocenters. The number of benzene rings is 2. The van der Waals surface area contributed by atoms with Crippen LogP contribution in [0.4, 0.5) is 11.5 Å². The van der Waals surface area contributed by atoms with E-state index < -0.39 is 0 Å². The first-order valence-electron chi connectivity index (χ1n) is 7.55. The van der Waals surface area contributed by atoms with Crippen LogP contribution < -0.4 is 10.1 Å². The second-order valence-corrected chi connectivity index (χ2v) is 5.45. The number of hydrogen-bond donors (Lipinski definition) is 1. The van der Waals surface area contributed by atoms with Crippen molar-refractivity contribution in [3.63, 3.8) is 0 Å². The molecule has 0 aliphatic rings. The average molecular weight is 319 g/mol. The van der Waals surface area contributed by atoms with Crippen LogP contribution in [0.1, 0.15) is 21.6 Å². The maximum Gasteiger partial charge on any atom is 0.343 e. The number of carbonyl (C=O) groups is 1. The standard InChI is InChI=1S/C19H17N3O2/c1-13-6-8-15(9-7-13)19(23)24-17-5-3-4-16(11-17)22-18-10-14(2)20-12-21-18/h3-12H,1-2H3,(H,20,21,22). The van der Waals surface area contributed by atoms with Gasteiger partial charge in [-0.25, -0.2) is 14.8 Å². The molecule has 24 heavy (non-hydrogen) atoms. The van der Waals surface area contributed by atoms with Crippen LogP contribution in [0.15, 0.2) is 60.9 Å². The molecule has 3 aromatic rings. The zero-order chi connectivity index (χ0) is 16.9. The summed E-state index contributed by atoms with van der Waals surface area (Å²) < 4.78 is 5.43. The third-order valence-corrected chi connectivity index (χ3v) is 3.41. The van der Waals surface area contributed by atoms with Crippen molar-refractivity contribution in [1.29, 1.82) is 0 Å². The summed E-state index contributed by atoms with van der Waals surface area (Å²) in [5.41, 5.74) is 3.26. The Morgan fingerprint density at radius 2 is 1.79 bits per heavy atom. The zero-order valence-corrected chi connectivity index (χ0v) is 13.5. The van der Waals surface area contributed by atoms with E-state index in [2.05, 4.69) is 15.3 Å². The van der Waals surface area contributed by atoms with Crippen molar-refractivity contribution < 1.29 is 9.53 Å². The van der Waals surface area contributed by atoms with Crippen LogP contribution in [-0.4, -0.2) is 15.9 Å². The number of hydrogen-bond acceptors (Lipinski definition) is 5. The van der Waals surface area contributed by atoms with Crippen LogP contribution in [0.3, 0.4) is 0 Å². The van der Waals surface area contributed by atoms with Gasteiger partial charge in [-0.2, -0.15) is 0 Å². The highest BCUT2D eigenvalue weighted by molar-refractivity contribution is 5.91. The molecule has 0 saturated heterocycles. The van der Waals surface area contributed by atoms with E-state index in [-0.39, 0.29) is 5.97 Å². The third-order valence-electron chi connectivity index (χ3n) is 3.41. The van der Waals surface area contributed by atoms with E-state index >= 15 is 0 Å². The highest BCUT2D eigenvalue weighted by atomic mass is 16.5. The fourth-order valence-electron chi connectivity index (χ4n) is 2.16. The Balaban J connectivity index is 1.73. The van der Waals surface area contributed by atoms with Crippen LogP contribution in [0.5, 0.6) is 5.75 Å². The molecule has 120 valence electrons. The minimum Gasteiger partial charge on any atom is -0.423 e. The molecule has 0 spiro atoms. The van der Waals surface area contributed by atoms with Crippen LogP contribution in [-0.2, 0) is 0 Å². The van der Waals surface area contributed by atoms with Crippen molar-refractivity contribution in [2.75, 3.05) is 5.32 Å². The Kier molecular flexibility index (Phi) is 4.52. The van der Waals surface area contributed by atoms with E-state index in [4.69, 9.17) is 4.74 Å². The third kappa shape index (κ3) is 3.95. The van der Waals surface area contributed by atoms with Crippen LogP contribution in [0.2, 0.25) is 0 Å². The lowest BCUT2D eigenvalue weighted by atomic mass is 10.1. The second-order valence-electron chi connectivity index (χ2n) is 5.45. The van der Waals surface area contributed by atoms with Gasteiger partial charge in [0, 0.05) is 23.5 Å². The predicted octanol–water partition coefficient (Wildman–Crippen LogP) is 4.06. The molecule has 0 bridgehead atoms. The normalized spacial score (nSPS) is 10.2. The average Bonchev–Trinajstić information content (AvgIpc) is 2.56. The maximum absolute atomic E-state index is 12.2. The van der Waals surface area contributed by atoms with E-state index in [0.29, 0.717) is 17.1 Å². The minimum absolute atomic E-state index is 0.384. The molecule has 1 aromatic heterocycles. The molecule has 0 fully saturated rings. The Bertz CT molecular complexity index is 860. The van der Waals surface area contributed by atoms with E-state index in [9.17, 15) is 4.79 Å². The number of anilines is 2. The summed E-state index contributed by atoms with van der Waals surface area (Å²) in [6, 6.07) is 16.3. The monoisotopic (exact) mass is 319 g/mol. The van der Waals surface area contributed by atoms with Gasteiger partial charge in [-0.1, -0.05) is 23.8 Å². The van der Waals surface area contributed by atoms with Crippen molar-refractivity contribution in [3.05, 3.63) is 77.7 Å². The van der Waals surface area contributed by atoms with Crippen molar-refractivity contribution >= 4 is 17.5 Å². The molecule has 1 N–H and O–H groups in total. The molecular weight excluding hydrogens is 302 g/mol. The smallest absolute Gasteiger partial charge is 0.343 e. The first-order valence-corrected chi connectivity index (χ1v) is 7.55. The molecule has 0 unspecified atom stereocenters. The number of aromatic nitrogens is 2. The first kappa shape index (κ1) is 15.7. The predicted molar refractivity (Wildman–Crippen MR) is 92.6 cm³/mol. The van der Waals surface area contributed by atoms with Crippen LogP contribution >= 0.6 is 0 Å². The van der Waals surface area contributed by atoms with E-state index in [1.807, 2.05) is 44.2 Å². The molecule has 1 heterocycles. The van der Waals surface area contributed by atoms with Gasteiger partial charge in [0.2, 0.25) is 0 Å². The second kappa shape index (κ2) is 6.91. The SMILES string of the molecule is Cc1ccc(C(=O)Oc2cccc(Nc3cc(C)ncn3)c2)cc1. The van der Waals surface area contributed by atoms with Gasteiger partial charge < -0.3 is 10.1 Å². The molecule has 0 radical (unpaired) electrons. The molecule has 0 aliphatic heterocycles. The highest BCUT2D eigenvalue weighted by Crippen LogP contribution is 2.21. The Morgan fingerprint density at radius 3 is 2.54 bits per heavy atom. The molecule has 0 saturated carbocycles. The minimum atomic E-state index is -0.384. The number of aryl methyl sites for hydroxylation is 2. The van der Waals surface area contributed by atoms with Crippen molar-refractivity contribution in [2.45, 2.75) is 13.8 Å². The van der Waals surface area contributed by atoms with E-state index in [1.165, 1.54) is 6.33 Å². The lowest BCUT2D eigenvalue weighted by Crippen LogP contribution is -2.08. The lowest BCUT2D eigenvalue weighted by molar-refractivity contribution is 0.0735. The Labute approximate surface area is 140 Å². The number of esters is 1. The summed E-state index contributed by atoms with van der Waals surface area (Å²) in [6.07, 6.45) is 1.50. The zero-order valence-electron chi connectivity index (χ0n) is 13.5. The quantitative estimate of drug-likeness (QED) is 0.580. The number of nitrogens with zero attached hydrogens (tertiary/aromatic N) is 2. The van der Waals surface area contributed by atoms with Gasteiger partial charge in [-0.15, -0.1) is 0 Å². The van der Waals surface area contributed by atoms with Gasteiger partial charge in [0.25, 0.3) is 0 Å². The number of nitrogens with one attached hydrogen (secondary N) is 1. The summed E-state index contributed by atoms with van der Waals surface area (Å²) in [4.78, 5) is 20.4. The topological polar surface area (TPSA) is 64.1 Å². The molecule has 2 aromatic carbocycles. The van der Waals surface area contributed by atoms with E-state index in [0.717, 1.165) is 16.9 Å². The number of rotatable bonds is 4. The van der Waals surface area contributed by atoms with Gasteiger partial charge in [-0.3, -0.25) is 0 Å². The van der Waals surface area contributed by atoms with Gasteiger partial charge in [0.15, 0.2) is 0 Å². The van der Waals surface area contributed by atoms with Gasteiger partial charge in [0.05, 0.1) is 5.56 Å². The van der Waals surface area contributed by atoms with Crippen molar-refractivity contribution in [2.24, 2.45) is 0 Å². The van der Waals surface area contributed by atoms with Crippen LogP contribution in [0, 0.1) is 13.8 Å². The lowest BCUT2D eigenvalue weighted by Gasteiger charge is -2.09. The fraction of sp³-hybridized carbons (Fsp3) is 0.105. The van der Waals surface area contributed by atoms with Crippen LogP contribution in [0.25, 0.3) is 0 Å². The molecular formula is C19H17N3O2. The first-order chi connectivity index (χ1) is 11.6. The summed E-state index contributed by atoms with van der Waals surface area (Å²) >= 11 is 0. The maximum atomic E-state index is 12.2. The van der Waals surface area contributed by atoms with Crippen molar-refractivity contribution in [3.8, 4) is 5.75 Å². The fourth-order valence-corrected chi connectivity index (χ4v) is 2.16. The summed E-state index contributed by atoms with van der Waals surface area (Å²) in [7, 11) is 0. The van der Waals surface area contributed by atoms with E-state index in [1.54, 1.807) is 24.3 Å². The molecule has 0 aliphatic carbocycles. The Hall–Kier alpha value is -3.21. The highest BCUT2D eigenvalue weighted by Gasteiger charge is 2.08. The number of ether oxygens (including phenoxy) is 1. The molecule has 3 rings (SSSR count). The van der Waals surface area contributed by atoms with Crippen molar-refractivity contribution in [1.82, 2.24) is 9.97 Å². The number of carbonyl (C=O) groups excluding carboxylic acids is 1. The molecule has 5 heteroatoms. The van der Waals surface area contributed by atoms with Gasteiger partial charge in [0.1, 0.15) is 17.9 Å². The molecule has 5 nitrogen and oxygen atoms in total.